The molecule has 0 unspecified atom stereocenters. The van der Waals surface area contributed by atoms with Gasteiger partial charge in [-0.25, -0.2) is 13.1 Å². The van der Waals surface area contributed by atoms with Crippen LogP contribution in [0.1, 0.15) is 16.8 Å². The molecule has 1 aromatic heterocycles. The van der Waals surface area contributed by atoms with Gasteiger partial charge in [-0.05, 0) is 19.1 Å². The van der Waals surface area contributed by atoms with Crippen molar-refractivity contribution in [2.24, 2.45) is 12.8 Å². The number of sulfonamides is 1. The average Bonchev–Trinajstić information content (AvgIpc) is 2.75. The molecule has 2 aromatic rings. The number of thiocarbonyl (C=S) groups is 1. The summed E-state index contributed by atoms with van der Waals surface area (Å²) in [5, 5.41) is 4.17. The summed E-state index contributed by atoms with van der Waals surface area (Å²) in [6.45, 7) is 2.03. The third-order valence-corrected chi connectivity index (χ3v) is 4.67. The van der Waals surface area contributed by atoms with E-state index in [4.69, 9.17) is 18.0 Å². The van der Waals surface area contributed by atoms with Gasteiger partial charge in [0.1, 0.15) is 4.99 Å². The van der Waals surface area contributed by atoms with Gasteiger partial charge in [0.2, 0.25) is 10.0 Å². The molecule has 1 aromatic carbocycles. The van der Waals surface area contributed by atoms with Gasteiger partial charge in [-0.2, -0.15) is 5.10 Å². The topological polar surface area (TPSA) is 90.0 Å². The predicted molar refractivity (Wildman–Crippen MR) is 84.3 cm³/mol. The predicted octanol–water partition coefficient (Wildman–Crippen LogP) is 0.841. The van der Waals surface area contributed by atoms with Gasteiger partial charge >= 0.3 is 0 Å². The molecule has 6 nitrogen and oxygen atoms in total. The summed E-state index contributed by atoms with van der Waals surface area (Å²) >= 11 is 4.83. The molecule has 0 spiro atoms. The lowest BCUT2D eigenvalue weighted by Crippen LogP contribution is -2.23. The van der Waals surface area contributed by atoms with Crippen molar-refractivity contribution in [2.75, 3.05) is 0 Å². The number of benzene rings is 1. The van der Waals surface area contributed by atoms with Crippen molar-refractivity contribution in [3.63, 3.8) is 0 Å². The van der Waals surface area contributed by atoms with Crippen LogP contribution in [0.3, 0.4) is 0 Å². The summed E-state index contributed by atoms with van der Waals surface area (Å²) in [6, 6.07) is 6.14. The first-order chi connectivity index (χ1) is 9.79. The first-order valence-corrected chi connectivity index (χ1v) is 8.07. The molecule has 0 aliphatic rings. The van der Waals surface area contributed by atoms with Gasteiger partial charge in [0.15, 0.2) is 0 Å². The van der Waals surface area contributed by atoms with E-state index in [1.54, 1.807) is 30.1 Å². The molecule has 0 atom stereocenters. The number of nitrogens with two attached hydrogens (primary N) is 1. The van der Waals surface area contributed by atoms with Crippen molar-refractivity contribution in [1.29, 1.82) is 0 Å². The Balaban J connectivity index is 2.14. The number of nitrogens with zero attached hydrogens (tertiary/aromatic N) is 2. The Labute approximate surface area is 129 Å². The van der Waals surface area contributed by atoms with Crippen molar-refractivity contribution < 1.29 is 8.42 Å². The highest BCUT2D eigenvalue weighted by Crippen LogP contribution is 2.12. The molecule has 0 aliphatic heterocycles. The molecule has 0 saturated heterocycles. The normalized spacial score (nSPS) is 11.5. The van der Waals surface area contributed by atoms with Crippen molar-refractivity contribution in [2.45, 2.75) is 18.4 Å². The van der Waals surface area contributed by atoms with Crippen molar-refractivity contribution >= 4 is 27.2 Å². The van der Waals surface area contributed by atoms with Crippen LogP contribution in [0.4, 0.5) is 0 Å². The molecule has 21 heavy (non-hydrogen) atoms. The van der Waals surface area contributed by atoms with Crippen LogP contribution in [0.15, 0.2) is 35.4 Å². The molecule has 1 heterocycles. The summed E-state index contributed by atoms with van der Waals surface area (Å²) < 4.78 is 28.6. The standard InChI is InChI=1S/C13H16N4O2S2/c1-9-11(8-17(2)16-9)7-15-21(18,19)12-5-3-10(4-6-12)13(14)20/h3-6,8,15H,7H2,1-2H3,(H2,14,20). The summed E-state index contributed by atoms with van der Waals surface area (Å²) in [5.41, 5.74) is 7.74. The third-order valence-electron chi connectivity index (χ3n) is 3.02. The fraction of sp³-hybridized carbons (Fsp3) is 0.231. The van der Waals surface area contributed by atoms with Crippen molar-refractivity contribution in [3.05, 3.63) is 47.3 Å². The number of rotatable bonds is 5. The van der Waals surface area contributed by atoms with Crippen LogP contribution in [0.2, 0.25) is 0 Å². The Morgan fingerprint density at radius 2 is 2.00 bits per heavy atom. The maximum absolute atomic E-state index is 12.2. The molecule has 3 N–H and O–H groups in total. The van der Waals surface area contributed by atoms with Gasteiger partial charge in [-0.3, -0.25) is 4.68 Å². The zero-order valence-corrected chi connectivity index (χ0v) is 13.3. The van der Waals surface area contributed by atoms with Gasteiger partial charge in [0.25, 0.3) is 0 Å². The second-order valence-corrected chi connectivity index (χ2v) is 6.83. The number of aromatic nitrogens is 2. The minimum atomic E-state index is -3.58. The van der Waals surface area contributed by atoms with Crippen LogP contribution in [0.5, 0.6) is 0 Å². The van der Waals surface area contributed by atoms with Gasteiger partial charge in [0.05, 0.1) is 10.6 Å². The Morgan fingerprint density at radius 1 is 1.38 bits per heavy atom. The minimum Gasteiger partial charge on any atom is -0.389 e. The van der Waals surface area contributed by atoms with E-state index in [2.05, 4.69) is 9.82 Å². The molecule has 0 bridgehead atoms. The van der Waals surface area contributed by atoms with Crippen molar-refractivity contribution in [1.82, 2.24) is 14.5 Å². The van der Waals surface area contributed by atoms with Gasteiger partial charge < -0.3 is 5.73 Å². The summed E-state index contributed by atoms with van der Waals surface area (Å²) in [5.74, 6) is 0. The van der Waals surface area contributed by atoms with Gasteiger partial charge in [0, 0.05) is 30.9 Å². The summed E-state index contributed by atoms with van der Waals surface area (Å²) in [7, 11) is -1.79. The number of hydrogen-bond donors (Lipinski definition) is 2. The van der Waals surface area contributed by atoms with Crippen molar-refractivity contribution in [3.8, 4) is 0 Å². The zero-order valence-electron chi connectivity index (χ0n) is 11.7. The highest BCUT2D eigenvalue weighted by molar-refractivity contribution is 7.89. The lowest BCUT2D eigenvalue weighted by atomic mass is 10.2. The molecule has 0 amide bonds. The second-order valence-electron chi connectivity index (χ2n) is 4.63. The van der Waals surface area contributed by atoms with E-state index in [-0.39, 0.29) is 16.4 Å². The molecular formula is C13H16N4O2S2. The first kappa shape index (κ1) is 15.6. The van der Waals surface area contributed by atoms with E-state index < -0.39 is 10.0 Å². The highest BCUT2D eigenvalue weighted by Gasteiger charge is 2.15. The zero-order chi connectivity index (χ0) is 15.6. The maximum Gasteiger partial charge on any atom is 0.240 e. The quantitative estimate of drug-likeness (QED) is 0.796. The Morgan fingerprint density at radius 3 is 2.48 bits per heavy atom. The molecule has 2 rings (SSSR count). The molecular weight excluding hydrogens is 308 g/mol. The third kappa shape index (κ3) is 3.66. The fourth-order valence-corrected chi connectivity index (χ4v) is 3.02. The van der Waals surface area contributed by atoms with Gasteiger partial charge in [-0.15, -0.1) is 0 Å². The van der Waals surface area contributed by atoms with Gasteiger partial charge in [-0.1, -0.05) is 24.4 Å². The Kier molecular flexibility index (Phi) is 4.40. The van der Waals surface area contributed by atoms with E-state index in [0.29, 0.717) is 5.56 Å². The molecule has 0 aliphatic carbocycles. The fourth-order valence-electron chi connectivity index (χ4n) is 1.88. The number of nitrogens with one attached hydrogen (secondary N) is 1. The van der Waals surface area contributed by atoms with E-state index in [9.17, 15) is 8.42 Å². The maximum atomic E-state index is 12.2. The molecule has 0 fully saturated rings. The van der Waals surface area contributed by atoms with E-state index >= 15 is 0 Å². The Hall–Kier alpha value is -1.77. The van der Waals surface area contributed by atoms with E-state index in [0.717, 1.165) is 11.3 Å². The van der Waals surface area contributed by atoms with Crippen LogP contribution in [0, 0.1) is 6.92 Å². The lowest BCUT2D eigenvalue weighted by Gasteiger charge is -2.07. The van der Waals surface area contributed by atoms with Crippen LogP contribution < -0.4 is 10.5 Å². The lowest BCUT2D eigenvalue weighted by molar-refractivity contribution is 0.581. The first-order valence-electron chi connectivity index (χ1n) is 6.18. The largest absolute Gasteiger partial charge is 0.389 e. The number of aryl methyl sites for hydroxylation is 2. The van der Waals surface area contributed by atoms with E-state index in [1.807, 2.05) is 6.92 Å². The Bertz CT molecular complexity index is 764. The second kappa shape index (κ2) is 5.92. The van der Waals surface area contributed by atoms with Crippen LogP contribution in [0.25, 0.3) is 0 Å². The summed E-state index contributed by atoms with van der Waals surface area (Å²) in [6.07, 6.45) is 1.79. The van der Waals surface area contributed by atoms with Crippen LogP contribution >= 0.6 is 12.2 Å². The van der Waals surface area contributed by atoms with E-state index in [1.165, 1.54) is 12.1 Å². The molecule has 8 heteroatoms. The smallest absolute Gasteiger partial charge is 0.240 e. The monoisotopic (exact) mass is 324 g/mol. The summed E-state index contributed by atoms with van der Waals surface area (Å²) in [4.78, 5) is 0.405. The van der Waals surface area contributed by atoms with Crippen LogP contribution in [-0.4, -0.2) is 23.2 Å². The average molecular weight is 324 g/mol. The minimum absolute atomic E-state index is 0.170. The van der Waals surface area contributed by atoms with Crippen LogP contribution in [-0.2, 0) is 23.6 Å². The highest BCUT2D eigenvalue weighted by atomic mass is 32.2. The number of hydrogen-bond acceptors (Lipinski definition) is 4. The molecule has 112 valence electrons. The molecule has 0 radical (unpaired) electrons. The molecule has 0 saturated carbocycles. The SMILES string of the molecule is Cc1nn(C)cc1CNS(=O)(=O)c1ccc(C(N)=S)cc1.